The molecule has 0 unspecified atom stereocenters. The van der Waals surface area contributed by atoms with Crippen molar-refractivity contribution in [1.82, 2.24) is 24.6 Å². The lowest BCUT2D eigenvalue weighted by Gasteiger charge is -2.31. The Morgan fingerprint density at radius 1 is 1.35 bits per heavy atom. The molecule has 0 saturated heterocycles. The van der Waals surface area contributed by atoms with Gasteiger partial charge in [0.05, 0.1) is 17.8 Å². The Hall–Kier alpha value is -2.21. The number of likely N-dealkylation sites (N-methyl/N-ethyl adjacent to an activating group) is 1. The second-order valence-electron chi connectivity index (χ2n) is 6.37. The molecule has 0 fully saturated rings. The molecule has 0 spiro atoms. The highest BCUT2D eigenvalue weighted by Crippen LogP contribution is 2.20. The highest BCUT2D eigenvalue weighted by atomic mass is 16.2. The number of fused-ring (bicyclic) bond motifs is 1. The van der Waals surface area contributed by atoms with Gasteiger partial charge in [-0.25, -0.2) is 0 Å². The molecule has 1 amide bonds. The fourth-order valence-electron chi connectivity index (χ4n) is 3.04. The van der Waals surface area contributed by atoms with E-state index in [-0.39, 0.29) is 11.9 Å². The number of rotatable bonds is 3. The van der Waals surface area contributed by atoms with E-state index in [1.165, 1.54) is 0 Å². The smallest absolute Gasteiger partial charge is 0.256 e. The van der Waals surface area contributed by atoms with Crippen LogP contribution < -0.4 is 0 Å². The van der Waals surface area contributed by atoms with Gasteiger partial charge in [0, 0.05) is 37.2 Å². The first-order chi connectivity index (χ1) is 11.0. The number of carbonyl (C=O) groups is 1. The summed E-state index contributed by atoms with van der Waals surface area (Å²) in [5, 5.41) is 4.36. The minimum Gasteiger partial charge on any atom is -0.328 e. The largest absolute Gasteiger partial charge is 0.328 e. The maximum Gasteiger partial charge on any atom is 0.256 e. The van der Waals surface area contributed by atoms with Crippen molar-refractivity contribution >= 4 is 5.91 Å². The molecular weight excluding hydrogens is 290 g/mol. The minimum absolute atomic E-state index is 0.0407. The topological polar surface area (TPSA) is 54.3 Å². The van der Waals surface area contributed by atoms with E-state index in [4.69, 9.17) is 0 Å². The van der Waals surface area contributed by atoms with Crippen LogP contribution in [0.4, 0.5) is 0 Å². The van der Waals surface area contributed by atoms with Crippen LogP contribution in [0.15, 0.2) is 30.6 Å². The molecular formula is C17H23N5O. The van der Waals surface area contributed by atoms with Gasteiger partial charge in [-0.2, -0.15) is 5.10 Å². The standard InChI is InChI=1S/C17H23N5O/c1-13-4-5-14(10-18-13)17(23)21-12-16-6-8-19-22(16)9-7-15(21)11-20(2)3/h4-6,8,10,15H,7,9,11-12H2,1-3H3/t15-/m1/s1. The summed E-state index contributed by atoms with van der Waals surface area (Å²) < 4.78 is 2.00. The number of aromatic nitrogens is 3. The number of carbonyl (C=O) groups excluding carboxylic acids is 1. The third-order valence-corrected chi connectivity index (χ3v) is 4.25. The van der Waals surface area contributed by atoms with Crippen LogP contribution in [0.1, 0.15) is 28.2 Å². The third-order valence-electron chi connectivity index (χ3n) is 4.25. The van der Waals surface area contributed by atoms with E-state index in [2.05, 4.69) is 15.0 Å². The first-order valence-electron chi connectivity index (χ1n) is 7.93. The lowest BCUT2D eigenvalue weighted by Crippen LogP contribution is -2.44. The molecule has 0 saturated carbocycles. The molecule has 6 nitrogen and oxygen atoms in total. The quantitative estimate of drug-likeness (QED) is 0.863. The van der Waals surface area contributed by atoms with Crippen LogP contribution in [0.3, 0.4) is 0 Å². The Labute approximate surface area is 136 Å². The number of pyridine rings is 1. The monoisotopic (exact) mass is 313 g/mol. The third kappa shape index (κ3) is 3.42. The minimum atomic E-state index is 0.0407. The fraction of sp³-hybridized carbons (Fsp3) is 0.471. The molecule has 0 bridgehead atoms. The van der Waals surface area contributed by atoms with Crippen molar-refractivity contribution in [1.29, 1.82) is 0 Å². The molecule has 0 N–H and O–H groups in total. The normalized spacial score (nSPS) is 17.9. The second kappa shape index (κ2) is 6.50. The molecule has 1 atom stereocenters. The van der Waals surface area contributed by atoms with Crippen LogP contribution in [0, 0.1) is 6.92 Å². The molecule has 23 heavy (non-hydrogen) atoms. The predicted octanol–water partition coefficient (Wildman–Crippen LogP) is 1.56. The van der Waals surface area contributed by atoms with Gasteiger partial charge >= 0.3 is 0 Å². The van der Waals surface area contributed by atoms with E-state index in [0.717, 1.165) is 30.9 Å². The second-order valence-corrected chi connectivity index (χ2v) is 6.37. The van der Waals surface area contributed by atoms with Gasteiger partial charge in [0.1, 0.15) is 0 Å². The number of hydrogen-bond donors (Lipinski definition) is 0. The van der Waals surface area contributed by atoms with Crippen molar-refractivity contribution in [2.75, 3.05) is 20.6 Å². The van der Waals surface area contributed by atoms with E-state index in [9.17, 15) is 4.79 Å². The Morgan fingerprint density at radius 2 is 2.17 bits per heavy atom. The molecule has 6 heteroatoms. The summed E-state index contributed by atoms with van der Waals surface area (Å²) in [5.41, 5.74) is 2.65. The molecule has 122 valence electrons. The predicted molar refractivity (Wildman–Crippen MR) is 88.0 cm³/mol. The Bertz CT molecular complexity index is 677. The molecule has 3 heterocycles. The van der Waals surface area contributed by atoms with Crippen LogP contribution in [-0.2, 0) is 13.1 Å². The van der Waals surface area contributed by atoms with Crippen molar-refractivity contribution in [2.24, 2.45) is 0 Å². The SMILES string of the molecule is Cc1ccc(C(=O)N2Cc3ccnn3CC[C@@H]2CN(C)C)cn1. The summed E-state index contributed by atoms with van der Waals surface area (Å²) in [6, 6.07) is 5.90. The highest BCUT2D eigenvalue weighted by Gasteiger charge is 2.29. The van der Waals surface area contributed by atoms with Gasteiger partial charge in [-0.3, -0.25) is 14.5 Å². The van der Waals surface area contributed by atoms with Crippen LogP contribution >= 0.6 is 0 Å². The van der Waals surface area contributed by atoms with Crippen molar-refractivity contribution in [3.63, 3.8) is 0 Å². The van der Waals surface area contributed by atoms with Gasteiger partial charge in [0.25, 0.3) is 5.91 Å². The van der Waals surface area contributed by atoms with Crippen molar-refractivity contribution in [3.8, 4) is 0 Å². The number of hydrogen-bond acceptors (Lipinski definition) is 4. The average Bonchev–Trinajstić information content (AvgIpc) is 2.89. The lowest BCUT2D eigenvalue weighted by molar-refractivity contribution is 0.0626. The van der Waals surface area contributed by atoms with Crippen molar-refractivity contribution in [2.45, 2.75) is 32.5 Å². The lowest BCUT2D eigenvalue weighted by atomic mass is 10.1. The Morgan fingerprint density at radius 3 is 2.87 bits per heavy atom. The van der Waals surface area contributed by atoms with Crippen LogP contribution in [-0.4, -0.2) is 57.2 Å². The zero-order valence-corrected chi connectivity index (χ0v) is 13.9. The zero-order chi connectivity index (χ0) is 16.4. The Balaban J connectivity index is 1.90. The van der Waals surface area contributed by atoms with E-state index in [1.54, 1.807) is 12.4 Å². The molecule has 3 rings (SSSR count). The van der Waals surface area contributed by atoms with Crippen LogP contribution in [0.5, 0.6) is 0 Å². The number of aryl methyl sites for hydroxylation is 2. The summed E-state index contributed by atoms with van der Waals surface area (Å²) in [5.74, 6) is 0.0407. The average molecular weight is 313 g/mol. The van der Waals surface area contributed by atoms with Gasteiger partial charge < -0.3 is 9.80 Å². The zero-order valence-electron chi connectivity index (χ0n) is 13.9. The maximum absolute atomic E-state index is 13.0. The first-order valence-corrected chi connectivity index (χ1v) is 7.93. The van der Waals surface area contributed by atoms with Gasteiger partial charge in [0.15, 0.2) is 0 Å². The maximum atomic E-state index is 13.0. The fourth-order valence-corrected chi connectivity index (χ4v) is 3.04. The first kappa shape index (κ1) is 15.7. The molecule has 1 aliphatic rings. The summed E-state index contributed by atoms with van der Waals surface area (Å²) in [7, 11) is 4.08. The van der Waals surface area contributed by atoms with Gasteiger partial charge in [0.2, 0.25) is 0 Å². The summed E-state index contributed by atoms with van der Waals surface area (Å²) in [4.78, 5) is 21.4. The van der Waals surface area contributed by atoms with Crippen LogP contribution in [0.2, 0.25) is 0 Å². The van der Waals surface area contributed by atoms with Crippen molar-refractivity contribution in [3.05, 3.63) is 47.5 Å². The highest BCUT2D eigenvalue weighted by molar-refractivity contribution is 5.94. The molecule has 2 aromatic rings. The molecule has 0 aliphatic carbocycles. The van der Waals surface area contributed by atoms with Crippen LogP contribution in [0.25, 0.3) is 0 Å². The number of nitrogens with zero attached hydrogens (tertiary/aromatic N) is 5. The van der Waals surface area contributed by atoms with E-state index >= 15 is 0 Å². The molecule has 0 radical (unpaired) electrons. The molecule has 2 aromatic heterocycles. The summed E-state index contributed by atoms with van der Waals surface area (Å²) in [6.45, 7) is 4.20. The van der Waals surface area contributed by atoms with Crippen molar-refractivity contribution < 1.29 is 4.79 Å². The van der Waals surface area contributed by atoms with E-state index in [0.29, 0.717) is 12.1 Å². The van der Waals surface area contributed by atoms with E-state index in [1.807, 2.05) is 48.8 Å². The molecule has 1 aliphatic heterocycles. The molecule has 0 aromatic carbocycles. The van der Waals surface area contributed by atoms with E-state index < -0.39 is 0 Å². The summed E-state index contributed by atoms with van der Waals surface area (Å²) >= 11 is 0. The number of amides is 1. The van der Waals surface area contributed by atoms with Gasteiger partial charge in [-0.05, 0) is 45.6 Å². The summed E-state index contributed by atoms with van der Waals surface area (Å²) in [6.07, 6.45) is 4.38. The van der Waals surface area contributed by atoms with Gasteiger partial charge in [-0.15, -0.1) is 0 Å². The van der Waals surface area contributed by atoms with Gasteiger partial charge in [-0.1, -0.05) is 0 Å². The Kier molecular flexibility index (Phi) is 4.43.